The highest BCUT2D eigenvalue weighted by atomic mass is 79.9. The van der Waals surface area contributed by atoms with E-state index in [1.165, 1.54) is 16.7 Å². The minimum Gasteiger partial charge on any atom is -0.372 e. The fourth-order valence-corrected chi connectivity index (χ4v) is 2.50. The fraction of sp³-hybridized carbons (Fsp3) is 0.333. The molecule has 0 heterocycles. The van der Waals surface area contributed by atoms with Crippen LogP contribution >= 0.6 is 15.9 Å². The lowest BCUT2D eigenvalue weighted by Gasteiger charge is -2.12. The molecular formula is C18H22BrNO. The van der Waals surface area contributed by atoms with Crippen molar-refractivity contribution in [2.24, 2.45) is 0 Å². The van der Waals surface area contributed by atoms with Crippen LogP contribution in [0.4, 0.5) is 0 Å². The predicted molar refractivity (Wildman–Crippen MR) is 91.4 cm³/mol. The van der Waals surface area contributed by atoms with Crippen LogP contribution in [0.15, 0.2) is 53.0 Å². The summed E-state index contributed by atoms with van der Waals surface area (Å²) in [5, 5.41) is 3.21. The first kappa shape index (κ1) is 16.2. The normalized spacial score (nSPS) is 12.3. The van der Waals surface area contributed by atoms with Crippen LogP contribution in [0.5, 0.6) is 0 Å². The smallest absolute Gasteiger partial charge is 0.0721 e. The Balaban J connectivity index is 1.82. The monoisotopic (exact) mass is 347 g/mol. The Morgan fingerprint density at radius 3 is 2.00 bits per heavy atom. The van der Waals surface area contributed by atoms with E-state index < -0.39 is 0 Å². The first-order valence-electron chi connectivity index (χ1n) is 7.24. The highest BCUT2D eigenvalue weighted by Gasteiger charge is 2.04. The Bertz CT molecular complexity index is 536. The standard InChI is InChI=1S/C18H22BrNO/c1-14(11-20-2)17-7-3-15(4-8-17)12-21-13-16-5-9-18(19)10-6-16/h3-10,14,20H,11-13H2,1-2H3. The quantitative estimate of drug-likeness (QED) is 0.796. The Hall–Kier alpha value is -1.16. The predicted octanol–water partition coefficient (Wildman–Crippen LogP) is 4.49. The minimum atomic E-state index is 0.535. The molecule has 0 fully saturated rings. The van der Waals surface area contributed by atoms with Crippen LogP contribution in [0.25, 0.3) is 0 Å². The Kier molecular flexibility index (Phi) is 6.43. The molecule has 0 bridgehead atoms. The van der Waals surface area contributed by atoms with Gasteiger partial charge in [0.15, 0.2) is 0 Å². The molecule has 2 nitrogen and oxygen atoms in total. The van der Waals surface area contributed by atoms with Gasteiger partial charge in [-0.2, -0.15) is 0 Å². The molecule has 0 aliphatic heterocycles. The van der Waals surface area contributed by atoms with Gasteiger partial charge < -0.3 is 10.1 Å². The summed E-state index contributed by atoms with van der Waals surface area (Å²) in [6, 6.07) is 16.9. The fourth-order valence-electron chi connectivity index (χ4n) is 2.23. The molecule has 0 amide bonds. The summed E-state index contributed by atoms with van der Waals surface area (Å²) in [6.45, 7) is 4.52. The van der Waals surface area contributed by atoms with Crippen LogP contribution in [0.2, 0.25) is 0 Å². The van der Waals surface area contributed by atoms with Crippen LogP contribution in [0.1, 0.15) is 29.5 Å². The van der Waals surface area contributed by atoms with Crippen molar-refractivity contribution < 1.29 is 4.74 Å². The van der Waals surface area contributed by atoms with Gasteiger partial charge in [0.25, 0.3) is 0 Å². The molecule has 0 aromatic heterocycles. The van der Waals surface area contributed by atoms with E-state index >= 15 is 0 Å². The zero-order chi connectivity index (χ0) is 15.1. The summed E-state index contributed by atoms with van der Waals surface area (Å²) in [4.78, 5) is 0. The minimum absolute atomic E-state index is 0.535. The molecule has 0 radical (unpaired) electrons. The number of nitrogens with one attached hydrogen (secondary N) is 1. The highest BCUT2D eigenvalue weighted by Crippen LogP contribution is 2.16. The zero-order valence-corrected chi connectivity index (χ0v) is 14.2. The van der Waals surface area contributed by atoms with E-state index in [0.717, 1.165) is 11.0 Å². The number of benzene rings is 2. The number of hydrogen-bond acceptors (Lipinski definition) is 2. The summed E-state index contributed by atoms with van der Waals surface area (Å²) in [6.07, 6.45) is 0. The largest absolute Gasteiger partial charge is 0.372 e. The van der Waals surface area contributed by atoms with E-state index in [9.17, 15) is 0 Å². The Morgan fingerprint density at radius 2 is 1.48 bits per heavy atom. The molecule has 0 saturated carbocycles. The van der Waals surface area contributed by atoms with Crippen molar-refractivity contribution in [3.63, 3.8) is 0 Å². The summed E-state index contributed by atoms with van der Waals surface area (Å²) < 4.78 is 6.86. The van der Waals surface area contributed by atoms with E-state index in [0.29, 0.717) is 19.1 Å². The summed E-state index contributed by atoms with van der Waals surface area (Å²) in [5.41, 5.74) is 3.77. The average molecular weight is 348 g/mol. The van der Waals surface area contributed by atoms with Crippen molar-refractivity contribution in [2.45, 2.75) is 26.1 Å². The molecule has 0 aliphatic rings. The van der Waals surface area contributed by atoms with Gasteiger partial charge in [-0.25, -0.2) is 0 Å². The van der Waals surface area contributed by atoms with Crippen molar-refractivity contribution in [1.29, 1.82) is 0 Å². The summed E-state index contributed by atoms with van der Waals surface area (Å²) >= 11 is 3.43. The number of ether oxygens (including phenoxy) is 1. The van der Waals surface area contributed by atoms with Crippen LogP contribution in [-0.4, -0.2) is 13.6 Å². The van der Waals surface area contributed by atoms with Crippen molar-refractivity contribution in [3.8, 4) is 0 Å². The molecule has 21 heavy (non-hydrogen) atoms. The lowest BCUT2D eigenvalue weighted by atomic mass is 10.00. The molecule has 0 aliphatic carbocycles. The molecule has 1 atom stereocenters. The van der Waals surface area contributed by atoms with Crippen LogP contribution in [0, 0.1) is 0 Å². The molecule has 0 spiro atoms. The van der Waals surface area contributed by atoms with Gasteiger partial charge in [-0.1, -0.05) is 59.3 Å². The van der Waals surface area contributed by atoms with Gasteiger partial charge in [0.2, 0.25) is 0 Å². The molecule has 112 valence electrons. The van der Waals surface area contributed by atoms with E-state index in [4.69, 9.17) is 4.74 Å². The highest BCUT2D eigenvalue weighted by molar-refractivity contribution is 9.10. The summed E-state index contributed by atoms with van der Waals surface area (Å²) in [5.74, 6) is 0.535. The maximum atomic E-state index is 5.77. The molecular weight excluding hydrogens is 326 g/mol. The summed E-state index contributed by atoms with van der Waals surface area (Å²) in [7, 11) is 1.99. The van der Waals surface area contributed by atoms with Gasteiger partial charge in [0.05, 0.1) is 13.2 Å². The Morgan fingerprint density at radius 1 is 0.952 bits per heavy atom. The molecule has 2 rings (SSSR count). The van der Waals surface area contributed by atoms with Gasteiger partial charge in [0.1, 0.15) is 0 Å². The SMILES string of the molecule is CNCC(C)c1ccc(COCc2ccc(Br)cc2)cc1. The maximum Gasteiger partial charge on any atom is 0.0721 e. The maximum absolute atomic E-state index is 5.77. The first-order valence-corrected chi connectivity index (χ1v) is 8.04. The van der Waals surface area contributed by atoms with E-state index in [1.54, 1.807) is 0 Å². The van der Waals surface area contributed by atoms with Crippen molar-refractivity contribution in [2.75, 3.05) is 13.6 Å². The second-order valence-electron chi connectivity index (χ2n) is 5.32. The lowest BCUT2D eigenvalue weighted by Crippen LogP contribution is -2.14. The molecule has 0 saturated heterocycles. The van der Waals surface area contributed by atoms with Gasteiger partial charge in [-0.05, 0) is 41.8 Å². The Labute approximate surface area is 135 Å². The average Bonchev–Trinajstić information content (AvgIpc) is 2.50. The van der Waals surface area contributed by atoms with E-state index in [1.807, 2.05) is 19.2 Å². The van der Waals surface area contributed by atoms with Gasteiger partial charge in [-0.15, -0.1) is 0 Å². The first-order chi connectivity index (χ1) is 10.2. The molecule has 3 heteroatoms. The van der Waals surface area contributed by atoms with Gasteiger partial charge in [0, 0.05) is 11.0 Å². The number of halogens is 1. The van der Waals surface area contributed by atoms with Crippen LogP contribution in [-0.2, 0) is 18.0 Å². The number of hydrogen-bond donors (Lipinski definition) is 1. The molecule has 2 aromatic rings. The molecule has 1 unspecified atom stereocenters. The van der Waals surface area contributed by atoms with E-state index in [-0.39, 0.29) is 0 Å². The second-order valence-corrected chi connectivity index (χ2v) is 6.24. The lowest BCUT2D eigenvalue weighted by molar-refractivity contribution is 0.107. The molecule has 1 N–H and O–H groups in total. The third-order valence-corrected chi connectivity index (χ3v) is 4.04. The van der Waals surface area contributed by atoms with Crippen LogP contribution in [0.3, 0.4) is 0 Å². The van der Waals surface area contributed by atoms with Crippen molar-refractivity contribution >= 4 is 15.9 Å². The third-order valence-electron chi connectivity index (χ3n) is 3.51. The zero-order valence-electron chi connectivity index (χ0n) is 12.6. The van der Waals surface area contributed by atoms with Crippen LogP contribution < -0.4 is 5.32 Å². The number of rotatable bonds is 7. The topological polar surface area (TPSA) is 21.3 Å². The van der Waals surface area contributed by atoms with Gasteiger partial charge >= 0.3 is 0 Å². The van der Waals surface area contributed by atoms with Crippen molar-refractivity contribution in [1.82, 2.24) is 5.32 Å². The number of likely N-dealkylation sites (N-methyl/N-ethyl adjacent to an activating group) is 1. The van der Waals surface area contributed by atoms with E-state index in [2.05, 4.69) is 64.6 Å². The third kappa shape index (κ3) is 5.27. The van der Waals surface area contributed by atoms with Gasteiger partial charge in [-0.3, -0.25) is 0 Å². The van der Waals surface area contributed by atoms with Crippen molar-refractivity contribution in [3.05, 3.63) is 69.7 Å². The second kappa shape index (κ2) is 8.32. The molecule has 2 aromatic carbocycles.